The van der Waals surface area contributed by atoms with Crippen LogP contribution in [0.4, 0.5) is 0 Å². The van der Waals surface area contributed by atoms with E-state index in [2.05, 4.69) is 15.5 Å². The van der Waals surface area contributed by atoms with E-state index in [0.29, 0.717) is 37.6 Å². The fourth-order valence-corrected chi connectivity index (χ4v) is 2.33. The third-order valence-electron chi connectivity index (χ3n) is 3.91. The minimum atomic E-state index is -0.962. The number of aromatic nitrogens is 2. The van der Waals surface area contributed by atoms with Crippen LogP contribution in [0.3, 0.4) is 0 Å². The number of aromatic carboxylic acids is 1. The molecule has 0 unspecified atom stereocenters. The fourth-order valence-electron chi connectivity index (χ4n) is 2.33. The Labute approximate surface area is 139 Å². The van der Waals surface area contributed by atoms with Crippen LogP contribution in [0.2, 0.25) is 0 Å². The molecule has 0 spiro atoms. The normalized spacial score (nSPS) is 13.7. The summed E-state index contributed by atoms with van der Waals surface area (Å²) in [6.07, 6.45) is 3.90. The minimum Gasteiger partial charge on any atom is -0.478 e. The Morgan fingerprint density at radius 2 is 2.00 bits per heavy atom. The van der Waals surface area contributed by atoms with Gasteiger partial charge in [-0.05, 0) is 37.0 Å². The van der Waals surface area contributed by atoms with Crippen molar-refractivity contribution in [3.8, 4) is 0 Å². The van der Waals surface area contributed by atoms with Gasteiger partial charge in [0.1, 0.15) is 0 Å². The van der Waals surface area contributed by atoms with Gasteiger partial charge in [0, 0.05) is 25.3 Å². The molecule has 2 N–H and O–H groups in total. The van der Waals surface area contributed by atoms with Crippen molar-refractivity contribution in [2.75, 3.05) is 0 Å². The van der Waals surface area contributed by atoms with Crippen LogP contribution in [0.1, 0.15) is 59.2 Å². The Bertz CT molecular complexity index is 720. The molecule has 1 aliphatic rings. The van der Waals surface area contributed by atoms with Crippen LogP contribution < -0.4 is 5.32 Å². The van der Waals surface area contributed by atoms with Crippen LogP contribution in [-0.4, -0.2) is 27.1 Å². The maximum atomic E-state index is 11.8. The second-order valence-electron chi connectivity index (χ2n) is 5.95. The quantitative estimate of drug-likeness (QED) is 0.770. The molecule has 1 heterocycles. The second-order valence-corrected chi connectivity index (χ2v) is 5.95. The van der Waals surface area contributed by atoms with Crippen molar-refractivity contribution in [2.24, 2.45) is 0 Å². The van der Waals surface area contributed by atoms with E-state index in [0.717, 1.165) is 24.2 Å². The summed E-state index contributed by atoms with van der Waals surface area (Å²) in [7, 11) is 0. The molecule has 126 valence electrons. The number of nitrogens with zero attached hydrogens (tertiary/aromatic N) is 2. The summed E-state index contributed by atoms with van der Waals surface area (Å²) in [6, 6.07) is 6.44. The predicted molar refractivity (Wildman–Crippen MR) is 84.5 cm³/mol. The molecule has 0 radical (unpaired) electrons. The zero-order chi connectivity index (χ0) is 16.9. The van der Waals surface area contributed by atoms with Crippen LogP contribution in [0.5, 0.6) is 0 Å². The molecule has 1 fully saturated rings. The van der Waals surface area contributed by atoms with Gasteiger partial charge in [-0.2, -0.15) is 4.98 Å². The highest BCUT2D eigenvalue weighted by Crippen LogP contribution is 2.38. The molecule has 1 aromatic heterocycles. The first-order valence-corrected chi connectivity index (χ1v) is 8.03. The van der Waals surface area contributed by atoms with E-state index in [1.807, 2.05) is 0 Å². The maximum Gasteiger partial charge on any atom is 0.335 e. The molecule has 24 heavy (non-hydrogen) atoms. The molecule has 1 aromatic carbocycles. The average molecular weight is 329 g/mol. The second kappa shape index (κ2) is 7.25. The van der Waals surface area contributed by atoms with E-state index < -0.39 is 5.97 Å². The van der Waals surface area contributed by atoms with Crippen LogP contribution in [-0.2, 0) is 17.8 Å². The average Bonchev–Trinajstić information content (AvgIpc) is 3.33. The lowest BCUT2D eigenvalue weighted by Gasteiger charge is -2.05. The van der Waals surface area contributed by atoms with E-state index >= 15 is 0 Å². The Balaban J connectivity index is 1.36. The largest absolute Gasteiger partial charge is 0.478 e. The molecular formula is C17H19N3O4. The monoisotopic (exact) mass is 329 g/mol. The van der Waals surface area contributed by atoms with Crippen LogP contribution in [0.15, 0.2) is 28.8 Å². The Morgan fingerprint density at radius 1 is 1.25 bits per heavy atom. The van der Waals surface area contributed by atoms with Gasteiger partial charge in [0.15, 0.2) is 5.82 Å². The number of carbonyl (C=O) groups is 2. The van der Waals surface area contributed by atoms with Gasteiger partial charge in [-0.3, -0.25) is 4.79 Å². The number of carboxylic acids is 1. The number of rotatable bonds is 8. The van der Waals surface area contributed by atoms with E-state index in [1.165, 1.54) is 12.1 Å². The van der Waals surface area contributed by atoms with Crippen molar-refractivity contribution in [1.29, 1.82) is 0 Å². The molecule has 0 atom stereocenters. The van der Waals surface area contributed by atoms with Crippen LogP contribution >= 0.6 is 0 Å². The number of hydrogen-bond acceptors (Lipinski definition) is 5. The highest BCUT2D eigenvalue weighted by atomic mass is 16.5. The molecular weight excluding hydrogens is 310 g/mol. The number of nitrogens with one attached hydrogen (secondary N) is 1. The Kier molecular flexibility index (Phi) is 4.88. The van der Waals surface area contributed by atoms with Gasteiger partial charge in [-0.25, -0.2) is 4.79 Å². The van der Waals surface area contributed by atoms with E-state index in [-0.39, 0.29) is 11.5 Å². The van der Waals surface area contributed by atoms with E-state index in [4.69, 9.17) is 9.63 Å². The van der Waals surface area contributed by atoms with Crippen molar-refractivity contribution in [2.45, 2.75) is 44.6 Å². The summed E-state index contributed by atoms with van der Waals surface area (Å²) in [5, 5.41) is 15.6. The lowest BCUT2D eigenvalue weighted by molar-refractivity contribution is -0.121. The molecule has 1 saturated carbocycles. The number of benzene rings is 1. The van der Waals surface area contributed by atoms with E-state index in [9.17, 15) is 9.59 Å². The highest BCUT2D eigenvalue weighted by Gasteiger charge is 2.28. The minimum absolute atomic E-state index is 0.0563. The van der Waals surface area contributed by atoms with Crippen molar-refractivity contribution < 1.29 is 19.2 Å². The standard InChI is InChI=1S/C17H19N3O4/c21-14(18-10-11-4-6-13(7-5-11)17(22)23)2-1-3-15-19-16(20-24-15)12-8-9-12/h4-7,12H,1-3,8-10H2,(H,18,21)(H,22,23). The number of carbonyl (C=O) groups excluding carboxylic acids is 1. The molecule has 1 amide bonds. The summed E-state index contributed by atoms with van der Waals surface area (Å²) in [5.74, 6) is 0.835. The van der Waals surface area contributed by atoms with Crippen molar-refractivity contribution in [3.05, 3.63) is 47.1 Å². The number of hydrogen-bond donors (Lipinski definition) is 2. The highest BCUT2D eigenvalue weighted by molar-refractivity contribution is 5.87. The first-order chi connectivity index (χ1) is 11.6. The SMILES string of the molecule is O=C(CCCc1nc(C2CC2)no1)NCc1ccc(C(=O)O)cc1. The Morgan fingerprint density at radius 3 is 2.67 bits per heavy atom. The molecule has 0 bridgehead atoms. The first kappa shape index (κ1) is 16.2. The zero-order valence-corrected chi connectivity index (χ0v) is 13.2. The summed E-state index contributed by atoms with van der Waals surface area (Å²) >= 11 is 0. The summed E-state index contributed by atoms with van der Waals surface area (Å²) in [5.41, 5.74) is 1.09. The first-order valence-electron chi connectivity index (χ1n) is 8.03. The van der Waals surface area contributed by atoms with Gasteiger partial charge in [0.25, 0.3) is 0 Å². The maximum absolute atomic E-state index is 11.8. The van der Waals surface area contributed by atoms with Crippen molar-refractivity contribution in [3.63, 3.8) is 0 Å². The number of carboxylic acid groups (broad SMARTS) is 1. The molecule has 3 rings (SSSR count). The molecule has 7 nitrogen and oxygen atoms in total. The topological polar surface area (TPSA) is 105 Å². The Hall–Kier alpha value is -2.70. The summed E-state index contributed by atoms with van der Waals surface area (Å²) < 4.78 is 5.17. The molecule has 2 aromatic rings. The van der Waals surface area contributed by atoms with Gasteiger partial charge < -0.3 is 14.9 Å². The third kappa shape index (κ3) is 4.41. The number of amides is 1. The van der Waals surface area contributed by atoms with Crippen LogP contribution in [0, 0.1) is 0 Å². The zero-order valence-electron chi connectivity index (χ0n) is 13.2. The smallest absolute Gasteiger partial charge is 0.335 e. The number of aryl methyl sites for hydroxylation is 1. The van der Waals surface area contributed by atoms with Crippen molar-refractivity contribution in [1.82, 2.24) is 15.5 Å². The van der Waals surface area contributed by atoms with Gasteiger partial charge >= 0.3 is 5.97 Å². The summed E-state index contributed by atoms with van der Waals surface area (Å²) in [4.78, 5) is 26.9. The van der Waals surface area contributed by atoms with Gasteiger partial charge in [0.2, 0.25) is 11.8 Å². The van der Waals surface area contributed by atoms with Crippen LogP contribution in [0.25, 0.3) is 0 Å². The molecule has 7 heteroatoms. The fraction of sp³-hybridized carbons (Fsp3) is 0.412. The van der Waals surface area contributed by atoms with Gasteiger partial charge in [0.05, 0.1) is 5.56 Å². The predicted octanol–water partition coefficient (Wildman–Crippen LogP) is 2.28. The molecule has 1 aliphatic carbocycles. The lowest BCUT2D eigenvalue weighted by Crippen LogP contribution is -2.22. The van der Waals surface area contributed by atoms with E-state index in [1.54, 1.807) is 12.1 Å². The third-order valence-corrected chi connectivity index (χ3v) is 3.91. The molecule has 0 aliphatic heterocycles. The van der Waals surface area contributed by atoms with Crippen molar-refractivity contribution >= 4 is 11.9 Å². The lowest BCUT2D eigenvalue weighted by atomic mass is 10.1. The van der Waals surface area contributed by atoms with Gasteiger partial charge in [-0.1, -0.05) is 17.3 Å². The molecule has 0 saturated heterocycles. The van der Waals surface area contributed by atoms with Gasteiger partial charge in [-0.15, -0.1) is 0 Å². The summed E-state index contributed by atoms with van der Waals surface area (Å²) in [6.45, 7) is 0.380.